The van der Waals surface area contributed by atoms with Gasteiger partial charge >= 0.3 is 0 Å². The molecule has 0 aliphatic rings. The fourth-order valence-electron chi connectivity index (χ4n) is 7.37. The highest BCUT2D eigenvalue weighted by Crippen LogP contribution is 2.41. The number of fused-ring (bicyclic) bond motifs is 9. The summed E-state index contributed by atoms with van der Waals surface area (Å²) in [6.45, 7) is 0. The van der Waals surface area contributed by atoms with Gasteiger partial charge in [0.25, 0.3) is 0 Å². The third kappa shape index (κ3) is 3.46. The minimum Gasteiger partial charge on any atom is -0.456 e. The molecule has 3 aromatic heterocycles. The Morgan fingerprint density at radius 2 is 1.00 bits per heavy atom. The summed E-state index contributed by atoms with van der Waals surface area (Å²) in [4.78, 5) is 0. The van der Waals surface area contributed by atoms with Crippen molar-refractivity contribution in [2.45, 2.75) is 0 Å². The summed E-state index contributed by atoms with van der Waals surface area (Å²) < 4.78 is 11.0. The first-order valence-corrected chi connectivity index (χ1v) is 15.4. The van der Waals surface area contributed by atoms with Crippen LogP contribution in [0.2, 0.25) is 0 Å². The van der Waals surface area contributed by atoms with E-state index >= 15 is 0 Å². The van der Waals surface area contributed by atoms with Crippen LogP contribution in [0.25, 0.3) is 88.1 Å². The first-order chi connectivity index (χ1) is 22.3. The molecule has 45 heavy (non-hydrogen) atoms. The van der Waals surface area contributed by atoms with Crippen LogP contribution in [0.15, 0.2) is 162 Å². The number of rotatable bonds is 3. The zero-order chi connectivity index (χ0) is 29.5. The van der Waals surface area contributed by atoms with E-state index in [2.05, 4.69) is 155 Å². The maximum Gasteiger partial charge on any atom is 0.135 e. The molecule has 10 aromatic rings. The van der Waals surface area contributed by atoms with Crippen LogP contribution in [-0.2, 0) is 0 Å². The van der Waals surface area contributed by atoms with Crippen LogP contribution in [0, 0.1) is 0 Å². The first kappa shape index (κ1) is 24.4. The molecule has 0 N–H and O–H groups in total. The molecule has 0 spiro atoms. The van der Waals surface area contributed by atoms with Gasteiger partial charge in [-0.15, -0.1) is 0 Å². The van der Waals surface area contributed by atoms with Crippen LogP contribution in [-0.4, -0.2) is 9.13 Å². The van der Waals surface area contributed by atoms with Gasteiger partial charge in [0, 0.05) is 49.3 Å². The van der Waals surface area contributed by atoms with Gasteiger partial charge in [-0.05, 0) is 66.2 Å². The summed E-state index contributed by atoms with van der Waals surface area (Å²) in [6, 6.07) is 56.6. The van der Waals surface area contributed by atoms with Crippen molar-refractivity contribution < 1.29 is 4.42 Å². The lowest BCUT2D eigenvalue weighted by atomic mass is 10.00. The van der Waals surface area contributed by atoms with Crippen LogP contribution < -0.4 is 0 Å². The largest absolute Gasteiger partial charge is 0.456 e. The van der Waals surface area contributed by atoms with Crippen molar-refractivity contribution in [1.29, 1.82) is 0 Å². The maximum absolute atomic E-state index is 6.17. The lowest BCUT2D eigenvalue weighted by molar-refractivity contribution is 0.669. The summed E-state index contributed by atoms with van der Waals surface area (Å²) in [5.41, 5.74) is 11.3. The Kier molecular flexibility index (Phi) is 5.00. The highest BCUT2D eigenvalue weighted by atomic mass is 16.3. The van der Waals surface area contributed by atoms with Gasteiger partial charge in [0.15, 0.2) is 0 Å². The lowest BCUT2D eigenvalue weighted by Crippen LogP contribution is -1.96. The van der Waals surface area contributed by atoms with Crippen LogP contribution in [0.5, 0.6) is 0 Å². The molecular formula is C42H26N2O. The Morgan fingerprint density at radius 1 is 0.356 bits per heavy atom. The van der Waals surface area contributed by atoms with Gasteiger partial charge in [0.2, 0.25) is 0 Å². The molecule has 210 valence electrons. The fourth-order valence-corrected chi connectivity index (χ4v) is 7.37. The number of hydrogen-bond donors (Lipinski definition) is 0. The predicted octanol–water partition coefficient (Wildman–Crippen LogP) is 11.4. The van der Waals surface area contributed by atoms with Crippen molar-refractivity contribution in [3.05, 3.63) is 158 Å². The van der Waals surface area contributed by atoms with Crippen molar-refractivity contribution in [3.63, 3.8) is 0 Å². The van der Waals surface area contributed by atoms with Crippen LogP contribution in [0.3, 0.4) is 0 Å². The minimum atomic E-state index is 0.909. The van der Waals surface area contributed by atoms with E-state index in [0.717, 1.165) is 33.3 Å². The molecule has 0 saturated carbocycles. The summed E-state index contributed by atoms with van der Waals surface area (Å²) in [5.74, 6) is 0. The van der Waals surface area contributed by atoms with Gasteiger partial charge in [-0.25, -0.2) is 0 Å². The van der Waals surface area contributed by atoms with Gasteiger partial charge < -0.3 is 13.6 Å². The predicted molar refractivity (Wildman–Crippen MR) is 188 cm³/mol. The molecule has 0 fully saturated rings. The van der Waals surface area contributed by atoms with E-state index in [1.54, 1.807) is 0 Å². The molecule has 3 heteroatoms. The Morgan fingerprint density at radius 3 is 1.80 bits per heavy atom. The number of furan rings is 1. The highest BCUT2D eigenvalue weighted by Gasteiger charge is 2.19. The second-order valence-electron chi connectivity index (χ2n) is 11.8. The standard InChI is InChI=1S/C42H26N2O/c1-2-11-28(12-3-1)44-39-23-22-29(43-37-18-7-4-13-31(37)32-14-5-8-19-38(32)43)26-35(39)34-17-10-16-30(42(34)44)27-21-24-41-36(25-27)33-15-6-9-20-40(33)45-41/h1-26H. The summed E-state index contributed by atoms with van der Waals surface area (Å²) in [7, 11) is 0. The van der Waals surface area contributed by atoms with E-state index in [9.17, 15) is 0 Å². The molecule has 3 nitrogen and oxygen atoms in total. The average molecular weight is 575 g/mol. The molecule has 0 aliphatic heterocycles. The molecule has 7 aromatic carbocycles. The second-order valence-corrected chi connectivity index (χ2v) is 11.8. The molecule has 0 aliphatic carbocycles. The smallest absolute Gasteiger partial charge is 0.135 e. The van der Waals surface area contributed by atoms with Gasteiger partial charge in [0.1, 0.15) is 11.2 Å². The Balaban J connectivity index is 1.29. The van der Waals surface area contributed by atoms with Crippen molar-refractivity contribution in [3.8, 4) is 22.5 Å². The van der Waals surface area contributed by atoms with E-state index in [1.165, 1.54) is 54.7 Å². The van der Waals surface area contributed by atoms with Crippen molar-refractivity contribution in [1.82, 2.24) is 9.13 Å². The summed E-state index contributed by atoms with van der Waals surface area (Å²) in [6.07, 6.45) is 0. The number of hydrogen-bond acceptors (Lipinski definition) is 1. The van der Waals surface area contributed by atoms with Gasteiger partial charge in [-0.1, -0.05) is 97.1 Å². The van der Waals surface area contributed by atoms with E-state index < -0.39 is 0 Å². The SMILES string of the molecule is c1ccc(-n2c3ccc(-n4c5ccccc5c5ccccc54)cc3c3cccc(-c4ccc5oc6ccccc6c5c4)c32)cc1. The van der Waals surface area contributed by atoms with E-state index in [4.69, 9.17) is 4.42 Å². The quantitative estimate of drug-likeness (QED) is 0.206. The van der Waals surface area contributed by atoms with Gasteiger partial charge in [-0.2, -0.15) is 0 Å². The third-order valence-electron chi connectivity index (χ3n) is 9.31. The topological polar surface area (TPSA) is 23.0 Å². The number of benzene rings is 7. The fraction of sp³-hybridized carbons (Fsp3) is 0. The highest BCUT2D eigenvalue weighted by molar-refractivity contribution is 6.16. The van der Waals surface area contributed by atoms with Crippen LogP contribution in [0.1, 0.15) is 0 Å². The molecule has 0 radical (unpaired) electrons. The summed E-state index contributed by atoms with van der Waals surface area (Å²) in [5, 5.41) is 7.27. The third-order valence-corrected chi connectivity index (χ3v) is 9.31. The molecule has 3 heterocycles. The molecule has 10 rings (SSSR count). The van der Waals surface area contributed by atoms with E-state index in [1.807, 2.05) is 12.1 Å². The van der Waals surface area contributed by atoms with Crippen LogP contribution >= 0.6 is 0 Å². The Labute approximate surface area is 258 Å². The number of aromatic nitrogens is 2. The lowest BCUT2D eigenvalue weighted by Gasteiger charge is -2.12. The molecule has 0 saturated heterocycles. The zero-order valence-corrected chi connectivity index (χ0v) is 24.3. The molecule has 0 unspecified atom stereocenters. The monoisotopic (exact) mass is 574 g/mol. The molecule has 0 amide bonds. The zero-order valence-electron chi connectivity index (χ0n) is 24.3. The minimum absolute atomic E-state index is 0.909. The molecule has 0 atom stereocenters. The maximum atomic E-state index is 6.17. The average Bonchev–Trinajstić information content (AvgIpc) is 3.76. The number of nitrogens with zero attached hydrogens (tertiary/aromatic N) is 2. The summed E-state index contributed by atoms with van der Waals surface area (Å²) >= 11 is 0. The van der Waals surface area contributed by atoms with E-state index in [-0.39, 0.29) is 0 Å². The Hall–Kier alpha value is -6.06. The van der Waals surface area contributed by atoms with Crippen molar-refractivity contribution in [2.75, 3.05) is 0 Å². The number of para-hydroxylation sites is 5. The van der Waals surface area contributed by atoms with E-state index in [0.29, 0.717) is 0 Å². The van der Waals surface area contributed by atoms with Crippen molar-refractivity contribution in [2.24, 2.45) is 0 Å². The molecule has 0 bridgehead atoms. The molecular weight excluding hydrogens is 548 g/mol. The van der Waals surface area contributed by atoms with Gasteiger partial charge in [0.05, 0.1) is 22.1 Å². The van der Waals surface area contributed by atoms with Crippen LogP contribution in [0.4, 0.5) is 0 Å². The van der Waals surface area contributed by atoms with Crippen molar-refractivity contribution >= 4 is 65.6 Å². The second kappa shape index (κ2) is 9.22. The van der Waals surface area contributed by atoms with Gasteiger partial charge in [-0.3, -0.25) is 0 Å². The normalized spacial score (nSPS) is 12.0. The Bertz CT molecular complexity index is 2710. The first-order valence-electron chi connectivity index (χ1n) is 15.4.